The molecule has 2 aromatic heterocycles. The van der Waals surface area contributed by atoms with Crippen LogP contribution >= 0.6 is 90.7 Å². The Kier molecular flexibility index (Phi) is 5.44. The molecule has 0 atom stereocenters. The first-order valence-electron chi connectivity index (χ1n) is 5.71. The molecule has 0 saturated carbocycles. The lowest BCUT2D eigenvalue weighted by molar-refractivity contribution is 0.292. The van der Waals surface area contributed by atoms with Crippen molar-refractivity contribution in [1.29, 1.82) is 0 Å². The first-order valence-corrected chi connectivity index (χ1v) is 10.2. The van der Waals surface area contributed by atoms with Crippen LogP contribution in [0, 0.1) is 10.7 Å². The maximum Gasteiger partial charge on any atom is 0.169 e. The molecule has 3 rings (SSSR count). The summed E-state index contributed by atoms with van der Waals surface area (Å²) in [6.07, 6.45) is 0. The number of fused-ring (bicyclic) bond motifs is 1. The average molecular weight is 654 g/mol. The summed E-state index contributed by atoms with van der Waals surface area (Å²) in [6.45, 7) is 0.306. The van der Waals surface area contributed by atoms with Gasteiger partial charge in [0.25, 0.3) is 0 Å². The molecule has 0 aliphatic carbocycles. The second-order valence-electron chi connectivity index (χ2n) is 4.06. The Morgan fingerprint density at radius 3 is 2.57 bits per heavy atom. The van der Waals surface area contributed by atoms with Crippen LogP contribution in [0.4, 0.5) is 0 Å². The molecule has 0 aliphatic rings. The van der Waals surface area contributed by atoms with E-state index in [1.54, 1.807) is 11.3 Å². The third-order valence-corrected chi connectivity index (χ3v) is 5.95. The topological polar surface area (TPSA) is 35.0 Å². The molecule has 8 heteroatoms. The Bertz CT molecular complexity index is 801. The lowest BCUT2D eigenvalue weighted by Crippen LogP contribution is -2.04. The number of thiophene rings is 1. The van der Waals surface area contributed by atoms with Gasteiger partial charge in [0.2, 0.25) is 0 Å². The molecule has 1 aromatic carbocycles. The molecule has 3 nitrogen and oxygen atoms in total. The zero-order chi connectivity index (χ0) is 15.0. The summed E-state index contributed by atoms with van der Waals surface area (Å²) in [6, 6.07) is 6.09. The summed E-state index contributed by atoms with van der Waals surface area (Å²) in [5.41, 5.74) is 0. The molecule has 0 fully saturated rings. The van der Waals surface area contributed by atoms with Gasteiger partial charge in [-0.15, -0.1) is 11.3 Å². The Morgan fingerprint density at radius 1 is 1.14 bits per heavy atom. The third-order valence-electron chi connectivity index (χ3n) is 2.63. The van der Waals surface area contributed by atoms with E-state index in [1.165, 1.54) is 3.57 Å². The molecule has 21 heavy (non-hydrogen) atoms. The predicted octanol–water partition coefficient (Wildman–Crippen LogP) is 5.74. The molecule has 0 bridgehead atoms. The Hall–Kier alpha value is 0.540. The average Bonchev–Trinajstić information content (AvgIpc) is 2.86. The van der Waals surface area contributed by atoms with E-state index in [-0.39, 0.29) is 0 Å². The number of nitrogens with zero attached hydrogens (tertiary/aromatic N) is 2. The molecule has 2 heterocycles. The van der Waals surface area contributed by atoms with Crippen molar-refractivity contribution in [3.8, 4) is 5.75 Å². The van der Waals surface area contributed by atoms with Crippen molar-refractivity contribution in [3.05, 3.63) is 45.3 Å². The highest BCUT2D eigenvalue weighted by Gasteiger charge is 2.11. The maximum absolute atomic E-state index is 6.16. The van der Waals surface area contributed by atoms with Gasteiger partial charge in [0.05, 0.1) is 7.14 Å². The van der Waals surface area contributed by atoms with Gasteiger partial charge in [0.1, 0.15) is 22.3 Å². The fourth-order valence-corrected chi connectivity index (χ4v) is 6.71. The normalized spacial score (nSPS) is 11.0. The SMILES string of the molecule is Clc1nc(COc2c(I)cc(I)cc2I)nc2sccc12. The quantitative estimate of drug-likeness (QED) is 0.267. The maximum atomic E-state index is 6.16. The van der Waals surface area contributed by atoms with Crippen molar-refractivity contribution < 1.29 is 4.74 Å². The van der Waals surface area contributed by atoms with Gasteiger partial charge in [0, 0.05) is 8.96 Å². The van der Waals surface area contributed by atoms with Gasteiger partial charge in [0.15, 0.2) is 5.82 Å². The van der Waals surface area contributed by atoms with E-state index < -0.39 is 0 Å². The Balaban J connectivity index is 1.86. The Labute approximate surface area is 171 Å². The molecule has 0 amide bonds. The lowest BCUT2D eigenvalue weighted by Gasteiger charge is -2.10. The van der Waals surface area contributed by atoms with E-state index in [0.29, 0.717) is 17.6 Å². The number of halogens is 4. The van der Waals surface area contributed by atoms with Gasteiger partial charge in [-0.2, -0.15) is 0 Å². The predicted molar refractivity (Wildman–Crippen MR) is 111 cm³/mol. The van der Waals surface area contributed by atoms with Crippen LogP contribution in [0.15, 0.2) is 23.6 Å². The molecular formula is C13H6ClI3N2OS. The summed E-state index contributed by atoms with van der Waals surface area (Å²) in [5.74, 6) is 1.46. The van der Waals surface area contributed by atoms with E-state index in [0.717, 1.165) is 23.1 Å². The van der Waals surface area contributed by atoms with E-state index >= 15 is 0 Å². The lowest BCUT2D eigenvalue weighted by atomic mass is 10.3. The van der Waals surface area contributed by atoms with Crippen LogP contribution in [0.25, 0.3) is 10.2 Å². The molecule has 0 unspecified atom stereocenters. The van der Waals surface area contributed by atoms with Crippen molar-refractivity contribution in [2.75, 3.05) is 0 Å². The molecule has 0 radical (unpaired) electrons. The molecule has 0 N–H and O–H groups in total. The first-order chi connectivity index (χ1) is 10.0. The van der Waals surface area contributed by atoms with Gasteiger partial charge in [-0.25, -0.2) is 9.97 Å². The van der Waals surface area contributed by atoms with Gasteiger partial charge in [-0.05, 0) is 91.4 Å². The van der Waals surface area contributed by atoms with Crippen LogP contribution in [0.3, 0.4) is 0 Å². The zero-order valence-corrected chi connectivity index (χ0v) is 18.3. The molecule has 0 saturated heterocycles. The fourth-order valence-electron chi connectivity index (χ4n) is 1.73. The molecule has 3 aromatic rings. The van der Waals surface area contributed by atoms with Gasteiger partial charge in [-0.1, -0.05) is 11.6 Å². The number of aromatic nitrogens is 2. The van der Waals surface area contributed by atoms with Crippen LogP contribution in [-0.2, 0) is 6.61 Å². The van der Waals surface area contributed by atoms with Crippen LogP contribution < -0.4 is 4.74 Å². The monoisotopic (exact) mass is 654 g/mol. The van der Waals surface area contributed by atoms with Crippen molar-refractivity contribution in [2.45, 2.75) is 6.61 Å². The summed E-state index contributed by atoms with van der Waals surface area (Å²) in [7, 11) is 0. The molecular weight excluding hydrogens is 648 g/mol. The van der Waals surface area contributed by atoms with Crippen LogP contribution in [0.1, 0.15) is 5.82 Å². The van der Waals surface area contributed by atoms with Gasteiger partial charge < -0.3 is 4.74 Å². The second-order valence-corrected chi connectivity index (χ2v) is 8.88. The molecule has 0 spiro atoms. The van der Waals surface area contributed by atoms with Crippen molar-refractivity contribution in [3.63, 3.8) is 0 Å². The van der Waals surface area contributed by atoms with Crippen molar-refractivity contribution >= 4 is 101 Å². The number of hydrogen-bond acceptors (Lipinski definition) is 4. The minimum Gasteiger partial charge on any atom is -0.483 e. The third kappa shape index (κ3) is 3.72. The molecule has 108 valence electrons. The van der Waals surface area contributed by atoms with Crippen molar-refractivity contribution in [1.82, 2.24) is 9.97 Å². The fraction of sp³-hybridized carbons (Fsp3) is 0.0769. The number of rotatable bonds is 3. The standard InChI is InChI=1S/C13H6ClI3N2OS/c14-12-7-1-2-21-13(7)19-10(18-12)5-20-11-8(16)3-6(15)4-9(11)17/h1-4H,5H2. The minimum absolute atomic E-state index is 0.306. The van der Waals surface area contributed by atoms with E-state index in [4.69, 9.17) is 16.3 Å². The molecule has 0 aliphatic heterocycles. The van der Waals surface area contributed by atoms with Crippen molar-refractivity contribution in [2.24, 2.45) is 0 Å². The summed E-state index contributed by atoms with van der Waals surface area (Å²) in [5, 5.41) is 3.33. The second kappa shape index (κ2) is 6.97. The van der Waals surface area contributed by atoms with Crippen LogP contribution in [-0.4, -0.2) is 9.97 Å². The highest BCUT2D eigenvalue weighted by molar-refractivity contribution is 14.1. The highest BCUT2D eigenvalue weighted by atomic mass is 127. The Morgan fingerprint density at radius 2 is 1.86 bits per heavy atom. The zero-order valence-electron chi connectivity index (χ0n) is 10.2. The minimum atomic E-state index is 0.306. The van der Waals surface area contributed by atoms with Gasteiger partial charge in [-0.3, -0.25) is 0 Å². The summed E-state index contributed by atoms with van der Waals surface area (Å²) in [4.78, 5) is 9.66. The number of ether oxygens (including phenoxy) is 1. The van der Waals surface area contributed by atoms with E-state index in [2.05, 4.69) is 89.9 Å². The smallest absolute Gasteiger partial charge is 0.169 e. The van der Waals surface area contributed by atoms with Crippen LogP contribution in [0.2, 0.25) is 5.15 Å². The highest BCUT2D eigenvalue weighted by Crippen LogP contribution is 2.30. The number of benzene rings is 1. The van der Waals surface area contributed by atoms with E-state index in [9.17, 15) is 0 Å². The summed E-state index contributed by atoms with van der Waals surface area (Å²) < 4.78 is 9.23. The van der Waals surface area contributed by atoms with Crippen LogP contribution in [0.5, 0.6) is 5.75 Å². The van der Waals surface area contributed by atoms with E-state index in [1.807, 2.05) is 11.4 Å². The van der Waals surface area contributed by atoms with Gasteiger partial charge >= 0.3 is 0 Å². The summed E-state index contributed by atoms with van der Waals surface area (Å²) >= 11 is 14.6. The first kappa shape index (κ1) is 16.4. The largest absolute Gasteiger partial charge is 0.483 e. The number of hydrogen-bond donors (Lipinski definition) is 0.